The van der Waals surface area contributed by atoms with Crippen molar-refractivity contribution in [3.05, 3.63) is 0 Å². The Morgan fingerprint density at radius 2 is 0.750 bits per heavy atom. The minimum absolute atomic E-state index is 0. The van der Waals surface area contributed by atoms with Crippen molar-refractivity contribution < 1.29 is 89.3 Å². The molecule has 0 nitrogen and oxygen atoms in total. The van der Waals surface area contributed by atoms with Gasteiger partial charge in [-0.15, -0.1) is 0 Å². The molecule has 0 amide bonds. The summed E-state index contributed by atoms with van der Waals surface area (Å²) in [5, 5.41) is 0. The van der Waals surface area contributed by atoms with Gasteiger partial charge in [0.1, 0.15) is 0 Å². The Bertz CT molecular complexity index is 14.0. The molecule has 0 spiro atoms. The molecule has 0 aliphatic rings. The van der Waals surface area contributed by atoms with Crippen LogP contribution in [0.4, 0.5) is 0 Å². The molecule has 0 aromatic heterocycles. The van der Waals surface area contributed by atoms with Crippen LogP contribution in [0.1, 0.15) is 0 Å². The third kappa shape index (κ3) is 38.8. The fourth-order valence-electron chi connectivity index (χ4n) is 0. The van der Waals surface area contributed by atoms with E-state index in [1.165, 1.54) is 9.62 Å². The van der Waals surface area contributed by atoms with Crippen molar-refractivity contribution in [3.8, 4) is 0 Å². The van der Waals surface area contributed by atoms with Crippen LogP contribution in [0.5, 0.6) is 0 Å². The van der Waals surface area contributed by atoms with Gasteiger partial charge in [-0.3, -0.25) is 0 Å². The Labute approximate surface area is 97.8 Å². The molecule has 0 bridgehead atoms. The third-order valence-electron chi connectivity index (χ3n) is 0.0500. The van der Waals surface area contributed by atoms with E-state index in [1.807, 2.05) is 0 Å². The summed E-state index contributed by atoms with van der Waals surface area (Å²) in [7, 11) is 0. The van der Waals surface area contributed by atoms with Crippen molar-refractivity contribution in [2.45, 2.75) is 9.62 Å². The van der Waals surface area contributed by atoms with Crippen molar-refractivity contribution in [1.82, 2.24) is 0 Å². The zero-order valence-electron chi connectivity index (χ0n) is 3.56. The van der Waals surface area contributed by atoms with Crippen LogP contribution in [0.2, 0.25) is 9.62 Å². The fraction of sp³-hybridized carbons (Fsp3) is 1.00. The molecule has 0 fully saturated rings. The van der Waals surface area contributed by atoms with Gasteiger partial charge in [-0.25, -0.2) is 0 Å². The molecule has 60 valence electrons. The third-order valence-corrected chi connectivity index (χ3v) is 3.35. The molecule has 0 N–H and O–H groups in total. The van der Waals surface area contributed by atoms with E-state index < -0.39 is 0 Å². The van der Waals surface area contributed by atoms with Crippen molar-refractivity contribution in [3.63, 3.8) is 0 Å². The zero-order valence-corrected chi connectivity index (χ0v) is 11.1. The molecule has 6 heteroatoms. The van der Waals surface area contributed by atoms with Gasteiger partial charge in [-0.05, 0) is 0 Å². The second kappa shape index (κ2) is 33.8. The average Bonchev–Trinajstić information content (AvgIpc) is 1.37. The molecule has 0 radical (unpaired) electrons. The second-order valence-corrected chi connectivity index (χ2v) is 2.59. The Balaban J connectivity index is -0.00000000750. The van der Waals surface area contributed by atoms with Gasteiger partial charge in [0.25, 0.3) is 0 Å². The molecule has 0 atom stereocenters. The molecule has 0 heterocycles. The molecule has 0 aromatic rings. The maximum absolute atomic E-state index is 2.33. The number of halogens is 4. The van der Waals surface area contributed by atoms with Gasteiger partial charge in [0.15, 0.2) is 0 Å². The van der Waals surface area contributed by atoms with Crippen molar-refractivity contribution in [2.75, 3.05) is 0 Å². The second-order valence-electron chi connectivity index (χ2n) is 0.316. The van der Waals surface area contributed by atoms with E-state index in [4.69, 9.17) is 0 Å². The van der Waals surface area contributed by atoms with Crippen LogP contribution in [-0.4, -0.2) is 0 Å². The van der Waals surface area contributed by atoms with Gasteiger partial charge in [0.2, 0.25) is 0 Å². The van der Waals surface area contributed by atoms with Crippen LogP contribution in [0.15, 0.2) is 0 Å². The van der Waals surface area contributed by atoms with E-state index >= 15 is 0 Å². The van der Waals surface area contributed by atoms with Gasteiger partial charge in [-0.2, -0.15) is 0 Å². The zero-order chi connectivity index (χ0) is 3.41. The standard InChI is InChI=1S/C2H4.4ClH.2Pt/c1-2;;;;;;/h1-2H2;4*1H;;/q;;;;;2*+2/p-4. The first kappa shape index (κ1) is 31.3. The molecule has 8 heavy (non-hydrogen) atoms. The van der Waals surface area contributed by atoms with Gasteiger partial charge < -0.3 is 49.6 Å². The summed E-state index contributed by atoms with van der Waals surface area (Å²) in [6.07, 6.45) is 0. The molecule has 0 aromatic carbocycles. The summed E-state index contributed by atoms with van der Waals surface area (Å²) in [6, 6.07) is 0. The van der Waals surface area contributed by atoms with E-state index in [0.717, 1.165) is 0 Å². The van der Waals surface area contributed by atoms with E-state index in [0.29, 0.717) is 0 Å². The average molecular weight is 560 g/mol. The van der Waals surface area contributed by atoms with E-state index in [2.05, 4.69) is 39.6 Å². The summed E-state index contributed by atoms with van der Waals surface area (Å²) < 4.78 is 0. The molecule has 0 unspecified atom stereocenters. The molecule has 0 saturated heterocycles. The van der Waals surface area contributed by atoms with Crippen LogP contribution >= 0.6 is 0 Å². The molecule has 0 aliphatic carbocycles. The molecule has 0 saturated carbocycles. The van der Waals surface area contributed by atoms with Crippen LogP contribution in [0, 0.1) is 0 Å². The number of rotatable bonds is 1. The summed E-state index contributed by atoms with van der Waals surface area (Å²) in [5.41, 5.74) is 0. The summed E-state index contributed by atoms with van der Waals surface area (Å²) in [5.74, 6) is 0. The molecule has 0 aliphatic heterocycles. The van der Waals surface area contributed by atoms with Gasteiger partial charge in [-0.1, -0.05) is 0 Å². The van der Waals surface area contributed by atoms with E-state index in [1.54, 1.807) is 0 Å². The first-order valence-electron chi connectivity index (χ1n) is 0.947. The predicted molar refractivity (Wildman–Crippen MR) is 9.61 cm³/mol. The Kier molecular flexibility index (Phi) is 132. The summed E-state index contributed by atoms with van der Waals surface area (Å²) in [4.78, 5) is 2.56. The molecular formula is C2H4Cl4Pt2. The quantitative estimate of drug-likeness (QED) is 0.300. The topological polar surface area (TPSA) is 0 Å². The Hall–Kier alpha value is 2.54. The monoisotopic (exact) mass is 558 g/mol. The van der Waals surface area contributed by atoms with Crippen LogP contribution in [-0.2, 0) is 39.6 Å². The van der Waals surface area contributed by atoms with Crippen LogP contribution < -0.4 is 49.6 Å². The summed E-state index contributed by atoms with van der Waals surface area (Å²) >= 11 is 4.66. The maximum atomic E-state index is 2.33. The normalized spacial score (nSPS) is 3.75. The minimum atomic E-state index is 0. The van der Waals surface area contributed by atoms with Gasteiger partial charge >= 0.3 is 49.2 Å². The first-order chi connectivity index (χ1) is 1.91. The SMILES string of the molecule is [Cl-].[Cl-].[Cl-].[Cl-].[Pt+2][CH2][CH2][Pt+2]. The summed E-state index contributed by atoms with van der Waals surface area (Å²) in [6.45, 7) is 0. The van der Waals surface area contributed by atoms with E-state index in [-0.39, 0.29) is 49.6 Å². The van der Waals surface area contributed by atoms with E-state index in [9.17, 15) is 0 Å². The Morgan fingerprint density at radius 3 is 0.750 bits per heavy atom. The van der Waals surface area contributed by atoms with Crippen LogP contribution in [0.25, 0.3) is 0 Å². The molecular weight excluding hydrogens is 556 g/mol. The van der Waals surface area contributed by atoms with Crippen molar-refractivity contribution >= 4 is 0 Å². The van der Waals surface area contributed by atoms with Crippen molar-refractivity contribution in [1.29, 1.82) is 0 Å². The predicted octanol–water partition coefficient (Wildman–Crippen LogP) is -11.1. The number of hydrogen-bond donors (Lipinski definition) is 0. The molecule has 0 rings (SSSR count). The fourth-order valence-corrected chi connectivity index (χ4v) is 0. The van der Waals surface area contributed by atoms with Gasteiger partial charge in [0.05, 0.1) is 0 Å². The van der Waals surface area contributed by atoms with Gasteiger partial charge in [0, 0.05) is 0 Å². The van der Waals surface area contributed by atoms with Crippen molar-refractivity contribution in [2.24, 2.45) is 0 Å². The number of hydrogen-bond acceptors (Lipinski definition) is 0. The Morgan fingerprint density at radius 1 is 0.625 bits per heavy atom. The first-order valence-corrected chi connectivity index (χ1v) is 4.16. The van der Waals surface area contributed by atoms with Crippen LogP contribution in [0.3, 0.4) is 0 Å².